The number of hydrogen-bond acceptors (Lipinski definition) is 5. The Morgan fingerprint density at radius 3 is 2.50 bits per heavy atom. The van der Waals surface area contributed by atoms with Crippen LogP contribution in [0.2, 0.25) is 0 Å². The van der Waals surface area contributed by atoms with Crippen LogP contribution in [0.3, 0.4) is 0 Å². The third kappa shape index (κ3) is 6.53. The van der Waals surface area contributed by atoms with Crippen LogP contribution >= 0.6 is 0 Å². The van der Waals surface area contributed by atoms with E-state index in [0.29, 0.717) is 13.0 Å². The minimum Gasteiger partial charge on any atom is -0.497 e. The second-order valence-electron chi connectivity index (χ2n) is 12.2. The lowest BCUT2D eigenvalue weighted by Crippen LogP contribution is -2.41. The Kier molecular flexibility index (Phi) is 8.78. The highest BCUT2D eigenvalue weighted by atomic mass is 16.5. The fourth-order valence-corrected chi connectivity index (χ4v) is 6.64. The number of carbonyl (C=O) groups excluding carboxylic acids is 1. The number of methoxy groups -OCH3 is 1. The molecule has 6 aromatic rings. The van der Waals surface area contributed by atoms with Gasteiger partial charge in [-0.3, -0.25) is 4.79 Å². The molecule has 8 nitrogen and oxygen atoms in total. The summed E-state index contributed by atoms with van der Waals surface area (Å²) in [7, 11) is 1.68. The van der Waals surface area contributed by atoms with Crippen molar-refractivity contribution < 1.29 is 9.53 Å². The van der Waals surface area contributed by atoms with Gasteiger partial charge in [0.25, 0.3) is 0 Å². The van der Waals surface area contributed by atoms with Crippen molar-refractivity contribution >= 4 is 27.6 Å². The van der Waals surface area contributed by atoms with Crippen LogP contribution in [0, 0.1) is 5.92 Å². The molecule has 46 heavy (non-hydrogen) atoms. The smallest absolute Gasteiger partial charge is 0.223 e. The molecule has 1 aliphatic rings. The van der Waals surface area contributed by atoms with Crippen molar-refractivity contribution in [3.05, 3.63) is 126 Å². The van der Waals surface area contributed by atoms with Gasteiger partial charge in [-0.25, -0.2) is 0 Å². The number of aromatic amines is 1. The fraction of sp³-hybridized carbons (Fsp3) is 0.289. The van der Waals surface area contributed by atoms with Gasteiger partial charge in [-0.2, -0.15) is 0 Å². The highest BCUT2D eigenvalue weighted by Crippen LogP contribution is 2.26. The molecule has 1 saturated heterocycles. The minimum absolute atomic E-state index is 0.0142. The third-order valence-electron chi connectivity index (χ3n) is 9.24. The van der Waals surface area contributed by atoms with E-state index in [9.17, 15) is 4.79 Å². The number of para-hydroxylation sites is 1. The predicted octanol–water partition coefficient (Wildman–Crippen LogP) is 6.15. The number of aromatic nitrogens is 4. The molecule has 0 unspecified atom stereocenters. The van der Waals surface area contributed by atoms with Gasteiger partial charge in [-0.05, 0) is 84.4 Å². The molecule has 0 bridgehead atoms. The van der Waals surface area contributed by atoms with Crippen LogP contribution in [0.4, 0.5) is 0 Å². The summed E-state index contributed by atoms with van der Waals surface area (Å²) in [6.45, 7) is 2.31. The van der Waals surface area contributed by atoms with E-state index in [1.165, 1.54) is 21.7 Å². The second kappa shape index (κ2) is 13.6. The molecular formula is C38H40N6O2. The van der Waals surface area contributed by atoms with Crippen molar-refractivity contribution in [2.75, 3.05) is 20.2 Å². The molecule has 8 heteroatoms. The largest absolute Gasteiger partial charge is 0.497 e. The summed E-state index contributed by atoms with van der Waals surface area (Å²) >= 11 is 0. The lowest BCUT2D eigenvalue weighted by Gasteiger charge is -2.26. The average Bonchev–Trinajstić information content (AvgIpc) is 3.71. The maximum absolute atomic E-state index is 13.7. The predicted molar refractivity (Wildman–Crippen MR) is 182 cm³/mol. The summed E-state index contributed by atoms with van der Waals surface area (Å²) in [4.78, 5) is 17.1. The van der Waals surface area contributed by atoms with Crippen LogP contribution in [0.25, 0.3) is 21.7 Å². The zero-order valence-corrected chi connectivity index (χ0v) is 26.2. The van der Waals surface area contributed by atoms with Crippen molar-refractivity contribution in [3.63, 3.8) is 0 Å². The van der Waals surface area contributed by atoms with Gasteiger partial charge in [0.1, 0.15) is 11.6 Å². The standard InChI is InChI=1S/C38H40N6O2/c1-46-32-15-11-26(12-16-32)25-44-36(17-14-31-24-40-34-9-5-4-8-33(31)34)42-43-37(44)35(41-38(45)29-18-20-39-21-19-29)23-27-10-13-28-6-2-3-7-30(28)22-27/h2-13,15-16,22,24,29,35,39-40H,14,17-21,23,25H2,1H3,(H,41,45)/t35-/m1/s1. The Bertz CT molecular complexity index is 1940. The molecule has 1 aliphatic heterocycles. The van der Waals surface area contributed by atoms with Gasteiger partial charge in [-0.15, -0.1) is 10.2 Å². The van der Waals surface area contributed by atoms with Gasteiger partial charge in [0.15, 0.2) is 5.82 Å². The van der Waals surface area contributed by atoms with Crippen molar-refractivity contribution in [2.45, 2.75) is 44.7 Å². The molecule has 7 rings (SSSR count). The Labute approximate surface area is 269 Å². The molecule has 0 spiro atoms. The summed E-state index contributed by atoms with van der Waals surface area (Å²) in [5.41, 5.74) is 4.65. The van der Waals surface area contributed by atoms with Crippen molar-refractivity contribution in [2.24, 2.45) is 5.92 Å². The number of carbonyl (C=O) groups is 1. The fourth-order valence-electron chi connectivity index (χ4n) is 6.64. The van der Waals surface area contributed by atoms with Crippen LogP contribution in [0.15, 0.2) is 97.2 Å². The number of fused-ring (bicyclic) bond motifs is 2. The molecule has 1 fully saturated rings. The molecule has 2 aromatic heterocycles. The molecule has 0 saturated carbocycles. The number of hydrogen-bond donors (Lipinski definition) is 3. The molecule has 0 aliphatic carbocycles. The molecule has 234 valence electrons. The van der Waals surface area contributed by atoms with E-state index >= 15 is 0 Å². The molecule has 0 radical (unpaired) electrons. The zero-order chi connectivity index (χ0) is 31.3. The van der Waals surface area contributed by atoms with Crippen molar-refractivity contribution in [1.29, 1.82) is 0 Å². The minimum atomic E-state index is -0.337. The van der Waals surface area contributed by atoms with Crippen LogP contribution in [-0.2, 0) is 30.6 Å². The Morgan fingerprint density at radius 2 is 1.67 bits per heavy atom. The number of H-pyrrole nitrogens is 1. The maximum atomic E-state index is 13.7. The molecule has 3 heterocycles. The van der Waals surface area contributed by atoms with Crippen molar-refractivity contribution in [3.8, 4) is 5.75 Å². The highest BCUT2D eigenvalue weighted by molar-refractivity contribution is 5.84. The average molecular weight is 613 g/mol. The van der Waals surface area contributed by atoms with E-state index in [1.807, 2.05) is 18.2 Å². The number of benzene rings is 4. The lowest BCUT2D eigenvalue weighted by atomic mass is 9.95. The summed E-state index contributed by atoms with van der Waals surface area (Å²) in [6, 6.07) is 31.1. The molecule has 4 aromatic carbocycles. The normalized spacial score (nSPS) is 14.5. The zero-order valence-electron chi connectivity index (χ0n) is 26.2. The Hall–Kier alpha value is -4.95. The molecule has 3 N–H and O–H groups in total. The molecule has 1 atom stereocenters. The van der Waals surface area contributed by atoms with E-state index < -0.39 is 0 Å². The van der Waals surface area contributed by atoms with Gasteiger partial charge in [0, 0.05) is 29.4 Å². The summed E-state index contributed by atoms with van der Waals surface area (Å²) in [5.74, 6) is 2.57. The van der Waals surface area contributed by atoms with Gasteiger partial charge in [0.05, 0.1) is 19.7 Å². The number of ether oxygens (including phenoxy) is 1. The lowest BCUT2D eigenvalue weighted by molar-refractivity contribution is -0.126. The Balaban J connectivity index is 1.24. The monoisotopic (exact) mass is 612 g/mol. The number of nitrogens with one attached hydrogen (secondary N) is 3. The van der Waals surface area contributed by atoms with E-state index in [4.69, 9.17) is 14.9 Å². The van der Waals surface area contributed by atoms with Crippen molar-refractivity contribution in [1.82, 2.24) is 30.4 Å². The van der Waals surface area contributed by atoms with E-state index in [2.05, 4.69) is 99.2 Å². The number of piperidine rings is 1. The van der Waals surface area contributed by atoms with Gasteiger partial charge in [0.2, 0.25) is 5.91 Å². The van der Waals surface area contributed by atoms with Crippen LogP contribution in [0.1, 0.15) is 47.2 Å². The number of aryl methyl sites for hydroxylation is 2. The van der Waals surface area contributed by atoms with Gasteiger partial charge >= 0.3 is 0 Å². The van der Waals surface area contributed by atoms with Crippen LogP contribution in [-0.4, -0.2) is 45.9 Å². The first-order valence-corrected chi connectivity index (χ1v) is 16.2. The van der Waals surface area contributed by atoms with Gasteiger partial charge < -0.3 is 24.9 Å². The number of amides is 1. The Morgan fingerprint density at radius 1 is 0.913 bits per heavy atom. The topological polar surface area (TPSA) is 96.9 Å². The molecular weight excluding hydrogens is 572 g/mol. The van der Waals surface area contributed by atoms with Crippen LogP contribution in [0.5, 0.6) is 5.75 Å². The van der Waals surface area contributed by atoms with Crippen LogP contribution < -0.4 is 15.4 Å². The van der Waals surface area contributed by atoms with E-state index in [1.54, 1.807) is 7.11 Å². The SMILES string of the molecule is COc1ccc(Cn2c(CCc3c[nH]c4ccccc34)nnc2[C@@H](Cc2ccc3ccccc3c2)NC(=O)C2CCNCC2)cc1. The first-order chi connectivity index (χ1) is 22.6. The summed E-state index contributed by atoms with van der Waals surface area (Å²) in [6.07, 6.45) is 5.92. The summed E-state index contributed by atoms with van der Waals surface area (Å²) < 4.78 is 7.63. The highest BCUT2D eigenvalue weighted by Gasteiger charge is 2.28. The second-order valence-corrected chi connectivity index (χ2v) is 12.2. The summed E-state index contributed by atoms with van der Waals surface area (Å²) in [5, 5.41) is 20.0. The number of nitrogens with zero attached hydrogens (tertiary/aromatic N) is 3. The first-order valence-electron chi connectivity index (χ1n) is 16.2. The number of rotatable bonds is 11. The molecule has 1 amide bonds. The van der Waals surface area contributed by atoms with Gasteiger partial charge in [-0.1, -0.05) is 72.8 Å². The quantitative estimate of drug-likeness (QED) is 0.163. The maximum Gasteiger partial charge on any atom is 0.223 e. The van der Waals surface area contributed by atoms with E-state index in [-0.39, 0.29) is 17.9 Å². The first kappa shape index (κ1) is 29.7. The third-order valence-corrected chi connectivity index (χ3v) is 9.24. The van der Waals surface area contributed by atoms with E-state index in [0.717, 1.165) is 72.8 Å².